The van der Waals surface area contributed by atoms with E-state index in [1.54, 1.807) is 0 Å². The number of aliphatic carboxylic acids is 1. The molecule has 0 aliphatic carbocycles. The van der Waals surface area contributed by atoms with Crippen LogP contribution in [0.5, 0.6) is 0 Å². The summed E-state index contributed by atoms with van der Waals surface area (Å²) in [5.41, 5.74) is 7.99. The second-order valence-corrected chi connectivity index (χ2v) is 6.58. The Morgan fingerprint density at radius 1 is 0.897 bits per heavy atom. The van der Waals surface area contributed by atoms with Crippen LogP contribution in [0.2, 0.25) is 0 Å². The van der Waals surface area contributed by atoms with Crippen LogP contribution in [0.15, 0.2) is 54.6 Å². The fourth-order valence-electron chi connectivity index (χ4n) is 2.82. The zero-order valence-corrected chi connectivity index (χ0v) is 15.9. The molecule has 0 heterocycles. The molecule has 0 spiro atoms. The van der Waals surface area contributed by atoms with Crippen LogP contribution in [0, 0.1) is 0 Å². The number of hydrogen-bond donors (Lipinski definition) is 4. The SMILES string of the molecule is CC(=O)N[C@@H](Cc1ccc(-c2ccccc2)cc1)C(=O)N[C@@H](CC(=O)O)C(N)=O. The number of carboxylic acid groups (broad SMARTS) is 1. The Morgan fingerprint density at radius 3 is 2.00 bits per heavy atom. The predicted octanol–water partition coefficient (Wildman–Crippen LogP) is 0.846. The Morgan fingerprint density at radius 2 is 1.48 bits per heavy atom. The first-order valence-corrected chi connectivity index (χ1v) is 8.99. The highest BCUT2D eigenvalue weighted by Crippen LogP contribution is 2.19. The average molecular weight is 397 g/mol. The van der Waals surface area contributed by atoms with E-state index < -0.39 is 42.2 Å². The fourth-order valence-corrected chi connectivity index (χ4v) is 2.82. The van der Waals surface area contributed by atoms with Gasteiger partial charge in [0.2, 0.25) is 17.7 Å². The molecule has 2 atom stereocenters. The number of nitrogens with two attached hydrogens (primary N) is 1. The number of benzene rings is 2. The van der Waals surface area contributed by atoms with E-state index in [0.29, 0.717) is 0 Å². The molecule has 8 nitrogen and oxygen atoms in total. The van der Waals surface area contributed by atoms with E-state index in [0.717, 1.165) is 16.7 Å². The summed E-state index contributed by atoms with van der Waals surface area (Å²) < 4.78 is 0. The lowest BCUT2D eigenvalue weighted by molar-refractivity contribution is -0.140. The molecule has 0 fully saturated rings. The average Bonchev–Trinajstić information content (AvgIpc) is 2.67. The smallest absolute Gasteiger partial charge is 0.305 e. The van der Waals surface area contributed by atoms with Crippen LogP contribution >= 0.6 is 0 Å². The summed E-state index contributed by atoms with van der Waals surface area (Å²) in [4.78, 5) is 46.3. The molecular weight excluding hydrogens is 374 g/mol. The molecule has 0 bridgehead atoms. The molecule has 2 aromatic carbocycles. The second-order valence-electron chi connectivity index (χ2n) is 6.58. The Balaban J connectivity index is 2.13. The van der Waals surface area contributed by atoms with Crippen LogP contribution in [-0.4, -0.2) is 40.9 Å². The zero-order chi connectivity index (χ0) is 21.4. The first-order valence-electron chi connectivity index (χ1n) is 8.99. The van der Waals surface area contributed by atoms with Crippen LogP contribution in [0.25, 0.3) is 11.1 Å². The van der Waals surface area contributed by atoms with E-state index in [1.807, 2.05) is 54.6 Å². The summed E-state index contributed by atoms with van der Waals surface area (Å²) in [7, 11) is 0. The monoisotopic (exact) mass is 397 g/mol. The van der Waals surface area contributed by atoms with Gasteiger partial charge in [0, 0.05) is 13.3 Å². The number of carbonyl (C=O) groups excluding carboxylic acids is 3. The highest BCUT2D eigenvalue weighted by atomic mass is 16.4. The predicted molar refractivity (Wildman–Crippen MR) is 107 cm³/mol. The maximum absolute atomic E-state index is 12.5. The van der Waals surface area contributed by atoms with E-state index in [9.17, 15) is 19.2 Å². The van der Waals surface area contributed by atoms with Gasteiger partial charge in [0.05, 0.1) is 6.42 Å². The molecule has 2 rings (SSSR count). The molecular formula is C21H23N3O5. The van der Waals surface area contributed by atoms with Gasteiger partial charge in [0.1, 0.15) is 12.1 Å². The van der Waals surface area contributed by atoms with Gasteiger partial charge in [0.15, 0.2) is 0 Å². The topological polar surface area (TPSA) is 139 Å². The number of primary amides is 1. The normalized spacial score (nSPS) is 12.4. The summed E-state index contributed by atoms with van der Waals surface area (Å²) in [6, 6.07) is 14.9. The third kappa shape index (κ3) is 6.76. The maximum Gasteiger partial charge on any atom is 0.305 e. The minimum absolute atomic E-state index is 0.166. The number of rotatable bonds is 9. The molecule has 0 saturated heterocycles. The van der Waals surface area contributed by atoms with Gasteiger partial charge in [-0.3, -0.25) is 19.2 Å². The summed E-state index contributed by atoms with van der Waals surface area (Å²) in [6.45, 7) is 1.27. The van der Waals surface area contributed by atoms with E-state index in [4.69, 9.17) is 10.8 Å². The van der Waals surface area contributed by atoms with Crippen molar-refractivity contribution < 1.29 is 24.3 Å². The number of hydrogen-bond acceptors (Lipinski definition) is 4. The van der Waals surface area contributed by atoms with E-state index >= 15 is 0 Å². The van der Waals surface area contributed by atoms with Crippen molar-refractivity contribution in [1.29, 1.82) is 0 Å². The van der Waals surface area contributed by atoms with Crippen LogP contribution < -0.4 is 16.4 Å². The minimum Gasteiger partial charge on any atom is -0.481 e. The molecule has 0 radical (unpaired) electrons. The summed E-state index contributed by atoms with van der Waals surface area (Å²) in [6.07, 6.45) is -0.474. The van der Waals surface area contributed by atoms with Gasteiger partial charge >= 0.3 is 5.97 Å². The van der Waals surface area contributed by atoms with Gasteiger partial charge in [-0.05, 0) is 16.7 Å². The molecule has 152 valence electrons. The van der Waals surface area contributed by atoms with Gasteiger partial charge in [-0.1, -0.05) is 54.6 Å². The van der Waals surface area contributed by atoms with Crippen LogP contribution in [-0.2, 0) is 25.6 Å². The van der Waals surface area contributed by atoms with Crippen molar-refractivity contribution in [2.45, 2.75) is 31.8 Å². The van der Waals surface area contributed by atoms with Crippen LogP contribution in [0.1, 0.15) is 18.9 Å². The van der Waals surface area contributed by atoms with Crippen molar-refractivity contribution in [3.05, 3.63) is 60.2 Å². The van der Waals surface area contributed by atoms with Crippen molar-refractivity contribution >= 4 is 23.7 Å². The van der Waals surface area contributed by atoms with Crippen LogP contribution in [0.4, 0.5) is 0 Å². The first kappa shape index (κ1) is 21.6. The lowest BCUT2D eigenvalue weighted by Crippen LogP contribution is -2.53. The number of amides is 3. The van der Waals surface area contributed by atoms with Gasteiger partial charge in [-0.25, -0.2) is 0 Å². The van der Waals surface area contributed by atoms with E-state index in [1.165, 1.54) is 6.92 Å². The minimum atomic E-state index is -1.36. The highest BCUT2D eigenvalue weighted by molar-refractivity contribution is 5.93. The fraction of sp³-hybridized carbons (Fsp3) is 0.238. The van der Waals surface area contributed by atoms with Gasteiger partial charge in [-0.2, -0.15) is 0 Å². The van der Waals surface area contributed by atoms with Crippen molar-refractivity contribution in [2.24, 2.45) is 5.73 Å². The molecule has 3 amide bonds. The lowest BCUT2D eigenvalue weighted by Gasteiger charge is -2.21. The summed E-state index contributed by atoms with van der Waals surface area (Å²) in [5, 5.41) is 13.7. The van der Waals surface area contributed by atoms with Crippen molar-refractivity contribution in [3.63, 3.8) is 0 Å². The quantitative estimate of drug-likeness (QED) is 0.497. The standard InChI is InChI=1S/C21H23N3O5/c1-13(25)23-18(21(29)24-17(20(22)28)12-19(26)27)11-14-7-9-16(10-8-14)15-5-3-2-4-6-15/h2-10,17-18H,11-12H2,1H3,(H2,22,28)(H,23,25)(H,24,29)(H,26,27)/t17-,18-/m0/s1. The van der Waals surface area contributed by atoms with Gasteiger partial charge in [-0.15, -0.1) is 0 Å². The molecule has 0 aliphatic heterocycles. The van der Waals surface area contributed by atoms with E-state index in [-0.39, 0.29) is 6.42 Å². The van der Waals surface area contributed by atoms with Gasteiger partial charge < -0.3 is 21.5 Å². The lowest BCUT2D eigenvalue weighted by atomic mass is 10.00. The van der Waals surface area contributed by atoms with Crippen molar-refractivity contribution in [3.8, 4) is 11.1 Å². The molecule has 0 saturated carbocycles. The Kier molecular flexibility index (Phi) is 7.47. The molecule has 29 heavy (non-hydrogen) atoms. The largest absolute Gasteiger partial charge is 0.481 e. The number of carboxylic acids is 1. The number of nitrogens with one attached hydrogen (secondary N) is 2. The number of carbonyl (C=O) groups is 4. The van der Waals surface area contributed by atoms with E-state index in [2.05, 4.69) is 10.6 Å². The Labute approximate surface area is 168 Å². The molecule has 0 unspecified atom stereocenters. The first-order chi connectivity index (χ1) is 13.8. The van der Waals surface area contributed by atoms with Crippen molar-refractivity contribution in [2.75, 3.05) is 0 Å². The third-order valence-electron chi connectivity index (χ3n) is 4.23. The Hall–Kier alpha value is -3.68. The zero-order valence-electron chi connectivity index (χ0n) is 15.9. The Bertz CT molecular complexity index is 881. The highest BCUT2D eigenvalue weighted by Gasteiger charge is 2.26. The van der Waals surface area contributed by atoms with Crippen LogP contribution in [0.3, 0.4) is 0 Å². The molecule has 2 aromatic rings. The van der Waals surface area contributed by atoms with Crippen molar-refractivity contribution in [1.82, 2.24) is 10.6 Å². The summed E-state index contributed by atoms with van der Waals surface area (Å²) in [5.74, 6) is -3.35. The molecule has 0 aromatic heterocycles. The maximum atomic E-state index is 12.5. The summed E-state index contributed by atoms with van der Waals surface area (Å²) >= 11 is 0. The molecule has 5 N–H and O–H groups in total. The molecule has 0 aliphatic rings. The second kappa shape index (κ2) is 10.0. The third-order valence-corrected chi connectivity index (χ3v) is 4.23. The van der Waals surface area contributed by atoms with Gasteiger partial charge in [0.25, 0.3) is 0 Å². The molecule has 8 heteroatoms.